The highest BCUT2D eigenvalue weighted by Crippen LogP contribution is 2.30. The van der Waals surface area contributed by atoms with Crippen molar-refractivity contribution in [1.29, 1.82) is 0 Å². The summed E-state index contributed by atoms with van der Waals surface area (Å²) in [6.07, 6.45) is 0. The molecule has 0 spiro atoms. The summed E-state index contributed by atoms with van der Waals surface area (Å²) in [6.45, 7) is 0. The quantitative estimate of drug-likeness (QED) is 0.724. The Kier molecular flexibility index (Phi) is 3.38. The van der Waals surface area contributed by atoms with E-state index in [1.165, 1.54) is 0 Å². The Bertz CT molecular complexity index is 742. The van der Waals surface area contributed by atoms with Crippen LogP contribution < -0.4 is 5.32 Å². The van der Waals surface area contributed by atoms with E-state index in [-0.39, 0.29) is 5.76 Å². The van der Waals surface area contributed by atoms with Crippen LogP contribution in [0.15, 0.2) is 52.9 Å². The molecule has 0 atom stereocenters. The number of benzene rings is 2. The highest BCUT2D eigenvalue weighted by molar-refractivity contribution is 6.40. The molecule has 3 nitrogen and oxygen atoms in total. The third-order valence-electron chi connectivity index (χ3n) is 2.85. The van der Waals surface area contributed by atoms with Crippen LogP contribution in [0.4, 0.5) is 5.69 Å². The van der Waals surface area contributed by atoms with E-state index in [4.69, 9.17) is 27.6 Å². The first kappa shape index (κ1) is 13.0. The minimum absolute atomic E-state index is 0.210. The number of carbonyl (C=O) groups excluding carboxylic acids is 1. The maximum atomic E-state index is 12.2. The minimum Gasteiger partial charge on any atom is -0.451 e. The molecule has 0 aliphatic heterocycles. The van der Waals surface area contributed by atoms with Gasteiger partial charge in [-0.25, -0.2) is 0 Å². The molecule has 1 amide bonds. The van der Waals surface area contributed by atoms with Gasteiger partial charge >= 0.3 is 0 Å². The average molecular weight is 306 g/mol. The number of furan rings is 1. The molecule has 1 heterocycles. The van der Waals surface area contributed by atoms with Crippen molar-refractivity contribution in [2.45, 2.75) is 0 Å². The van der Waals surface area contributed by atoms with E-state index < -0.39 is 5.91 Å². The van der Waals surface area contributed by atoms with Crippen LogP contribution in [-0.2, 0) is 0 Å². The van der Waals surface area contributed by atoms with Crippen LogP contribution in [-0.4, -0.2) is 5.91 Å². The Labute approximate surface area is 125 Å². The second-order valence-electron chi connectivity index (χ2n) is 4.20. The van der Waals surface area contributed by atoms with Crippen molar-refractivity contribution in [3.63, 3.8) is 0 Å². The summed E-state index contributed by atoms with van der Waals surface area (Å²) in [5, 5.41) is 4.28. The molecule has 2 aromatic carbocycles. The van der Waals surface area contributed by atoms with Crippen molar-refractivity contribution in [2.24, 2.45) is 0 Å². The summed E-state index contributed by atoms with van der Waals surface area (Å²) in [6, 6.07) is 14.1. The molecule has 0 bridgehead atoms. The average Bonchev–Trinajstić information content (AvgIpc) is 2.87. The van der Waals surface area contributed by atoms with E-state index in [2.05, 4.69) is 5.32 Å². The van der Waals surface area contributed by atoms with Gasteiger partial charge in [-0.05, 0) is 24.3 Å². The first-order valence-electron chi connectivity index (χ1n) is 5.89. The van der Waals surface area contributed by atoms with Gasteiger partial charge in [-0.1, -0.05) is 47.5 Å². The van der Waals surface area contributed by atoms with Crippen molar-refractivity contribution >= 4 is 45.8 Å². The zero-order valence-corrected chi connectivity index (χ0v) is 11.7. The van der Waals surface area contributed by atoms with Crippen LogP contribution in [0.1, 0.15) is 10.6 Å². The smallest absolute Gasteiger partial charge is 0.291 e. The molecule has 0 fully saturated rings. The third kappa shape index (κ3) is 2.38. The van der Waals surface area contributed by atoms with Gasteiger partial charge in [0.15, 0.2) is 5.76 Å². The summed E-state index contributed by atoms with van der Waals surface area (Å²) in [4.78, 5) is 12.2. The fraction of sp³-hybridized carbons (Fsp3) is 0. The summed E-state index contributed by atoms with van der Waals surface area (Å²) in [7, 11) is 0. The van der Waals surface area contributed by atoms with Gasteiger partial charge in [0.25, 0.3) is 5.91 Å². The molecule has 0 saturated carbocycles. The van der Waals surface area contributed by atoms with E-state index in [0.717, 1.165) is 5.39 Å². The van der Waals surface area contributed by atoms with Crippen LogP contribution in [0.3, 0.4) is 0 Å². The van der Waals surface area contributed by atoms with Crippen LogP contribution >= 0.6 is 23.2 Å². The Morgan fingerprint density at radius 3 is 2.40 bits per heavy atom. The molecule has 0 radical (unpaired) electrons. The van der Waals surface area contributed by atoms with Crippen molar-refractivity contribution in [3.05, 3.63) is 64.3 Å². The number of rotatable bonds is 2. The lowest BCUT2D eigenvalue weighted by molar-refractivity contribution is 0.0998. The molecule has 20 heavy (non-hydrogen) atoms. The molecule has 5 heteroatoms. The summed E-state index contributed by atoms with van der Waals surface area (Å²) >= 11 is 12.0. The van der Waals surface area contributed by atoms with Crippen molar-refractivity contribution in [3.8, 4) is 0 Å². The van der Waals surface area contributed by atoms with Gasteiger partial charge in [0.05, 0.1) is 15.7 Å². The van der Waals surface area contributed by atoms with Crippen LogP contribution in [0.25, 0.3) is 11.0 Å². The lowest BCUT2D eigenvalue weighted by Gasteiger charge is -2.07. The van der Waals surface area contributed by atoms with Gasteiger partial charge in [0, 0.05) is 5.39 Å². The normalized spacial score (nSPS) is 10.7. The standard InChI is InChI=1S/C15H9Cl2NO2/c16-10-5-3-6-11(17)14(10)18-15(19)13-8-9-4-1-2-7-12(9)20-13/h1-8H,(H,18,19). The zero-order valence-electron chi connectivity index (χ0n) is 10.2. The Hall–Kier alpha value is -1.97. The van der Waals surface area contributed by atoms with Crippen LogP contribution in [0, 0.1) is 0 Å². The molecule has 1 aromatic heterocycles. The van der Waals surface area contributed by atoms with Gasteiger partial charge in [-0.2, -0.15) is 0 Å². The monoisotopic (exact) mass is 305 g/mol. The first-order chi connectivity index (χ1) is 9.65. The number of fused-ring (bicyclic) bond motifs is 1. The number of amides is 1. The molecule has 0 saturated heterocycles. The van der Waals surface area contributed by atoms with E-state index in [0.29, 0.717) is 21.3 Å². The minimum atomic E-state index is -0.392. The molecule has 0 aliphatic carbocycles. The number of nitrogens with one attached hydrogen (secondary N) is 1. The number of hydrogen-bond donors (Lipinski definition) is 1. The fourth-order valence-electron chi connectivity index (χ4n) is 1.89. The molecule has 3 aromatic rings. The predicted octanol–water partition coefficient (Wildman–Crippen LogP) is 4.99. The highest BCUT2D eigenvalue weighted by atomic mass is 35.5. The van der Waals surface area contributed by atoms with Crippen LogP contribution in [0.5, 0.6) is 0 Å². The Morgan fingerprint density at radius 1 is 1.00 bits per heavy atom. The number of halogens is 2. The first-order valence-corrected chi connectivity index (χ1v) is 6.64. The second-order valence-corrected chi connectivity index (χ2v) is 5.01. The van der Waals surface area contributed by atoms with Crippen molar-refractivity contribution in [2.75, 3.05) is 5.32 Å². The molecule has 1 N–H and O–H groups in total. The summed E-state index contributed by atoms with van der Waals surface area (Å²) < 4.78 is 5.48. The molecule has 0 unspecified atom stereocenters. The lowest BCUT2D eigenvalue weighted by atomic mass is 10.2. The van der Waals surface area contributed by atoms with Gasteiger partial charge in [-0.15, -0.1) is 0 Å². The maximum Gasteiger partial charge on any atom is 0.291 e. The van der Waals surface area contributed by atoms with Gasteiger partial charge in [0.1, 0.15) is 5.58 Å². The highest BCUT2D eigenvalue weighted by Gasteiger charge is 2.15. The van der Waals surface area contributed by atoms with Crippen molar-refractivity contribution < 1.29 is 9.21 Å². The van der Waals surface area contributed by atoms with Gasteiger partial charge in [0.2, 0.25) is 0 Å². The molecular weight excluding hydrogens is 297 g/mol. The number of para-hydroxylation sites is 2. The molecule has 0 aliphatic rings. The number of carbonyl (C=O) groups is 1. The Morgan fingerprint density at radius 2 is 1.70 bits per heavy atom. The SMILES string of the molecule is O=C(Nc1c(Cl)cccc1Cl)c1cc2ccccc2o1. The summed E-state index contributed by atoms with van der Waals surface area (Å²) in [5.41, 5.74) is 1.03. The maximum absolute atomic E-state index is 12.2. The lowest BCUT2D eigenvalue weighted by Crippen LogP contribution is -2.11. The third-order valence-corrected chi connectivity index (χ3v) is 3.48. The predicted molar refractivity (Wildman–Crippen MR) is 80.6 cm³/mol. The van der Waals surface area contributed by atoms with Gasteiger partial charge in [-0.3, -0.25) is 4.79 Å². The van der Waals surface area contributed by atoms with E-state index in [9.17, 15) is 4.79 Å². The number of hydrogen-bond acceptors (Lipinski definition) is 2. The van der Waals surface area contributed by atoms with Crippen LogP contribution in [0.2, 0.25) is 10.0 Å². The van der Waals surface area contributed by atoms with E-state index in [1.54, 1.807) is 30.3 Å². The fourth-order valence-corrected chi connectivity index (χ4v) is 2.38. The van der Waals surface area contributed by atoms with E-state index >= 15 is 0 Å². The number of anilines is 1. The zero-order chi connectivity index (χ0) is 14.1. The molecule has 100 valence electrons. The Balaban J connectivity index is 1.93. The molecular formula is C15H9Cl2NO2. The molecule has 3 rings (SSSR count). The largest absolute Gasteiger partial charge is 0.451 e. The summed E-state index contributed by atoms with van der Waals surface area (Å²) in [5.74, 6) is -0.182. The topological polar surface area (TPSA) is 42.2 Å². The second kappa shape index (κ2) is 5.19. The van der Waals surface area contributed by atoms with E-state index in [1.807, 2.05) is 18.2 Å². The van der Waals surface area contributed by atoms with Crippen molar-refractivity contribution in [1.82, 2.24) is 0 Å². The van der Waals surface area contributed by atoms with Gasteiger partial charge < -0.3 is 9.73 Å².